The summed E-state index contributed by atoms with van der Waals surface area (Å²) in [6.07, 6.45) is -3.33. The van der Waals surface area contributed by atoms with E-state index in [-0.39, 0.29) is 33.8 Å². The number of halogens is 3. The number of rotatable bonds is 5. The van der Waals surface area contributed by atoms with Crippen LogP contribution in [0.3, 0.4) is 0 Å². The monoisotopic (exact) mass is 421 g/mol. The molecular formula is C18H14F3N5O2S. The molecule has 0 aliphatic rings. The van der Waals surface area contributed by atoms with Crippen LogP contribution in [0.2, 0.25) is 0 Å². The highest BCUT2D eigenvalue weighted by atomic mass is 32.2. The van der Waals surface area contributed by atoms with E-state index in [0.717, 1.165) is 4.52 Å². The molecule has 0 saturated carbocycles. The highest BCUT2D eigenvalue weighted by Crippen LogP contribution is 2.32. The van der Waals surface area contributed by atoms with Crippen molar-refractivity contribution < 1.29 is 18.0 Å². The molecule has 7 nitrogen and oxygen atoms in total. The highest BCUT2D eigenvalue weighted by Gasteiger charge is 2.27. The van der Waals surface area contributed by atoms with Gasteiger partial charge in [-0.1, -0.05) is 12.1 Å². The average Bonchev–Trinajstić information content (AvgIpc) is 3.06. The molecule has 0 bridgehead atoms. The number of H-pyrrole nitrogens is 1. The van der Waals surface area contributed by atoms with Gasteiger partial charge in [0.15, 0.2) is 5.65 Å². The van der Waals surface area contributed by atoms with Gasteiger partial charge in [-0.25, -0.2) is 9.50 Å². The lowest BCUT2D eigenvalue weighted by atomic mass is 10.1. The molecule has 3 aromatic rings. The first-order valence-corrected chi connectivity index (χ1v) is 9.26. The zero-order valence-electron chi connectivity index (χ0n) is 15.0. The number of hydrogen-bond donors (Lipinski definition) is 2. The molecule has 0 aliphatic heterocycles. The first-order valence-electron chi connectivity index (χ1n) is 8.27. The van der Waals surface area contributed by atoms with Crippen LogP contribution in [0, 0.1) is 18.3 Å². The lowest BCUT2D eigenvalue weighted by Crippen LogP contribution is -2.26. The number of hydrogen-bond acceptors (Lipinski definition) is 5. The number of para-hydroxylation sites is 1. The molecule has 2 aromatic heterocycles. The maximum absolute atomic E-state index is 12.6. The molecular weight excluding hydrogens is 407 g/mol. The third kappa shape index (κ3) is 4.60. The summed E-state index contributed by atoms with van der Waals surface area (Å²) in [6, 6.07) is 8.03. The second-order valence-electron chi connectivity index (χ2n) is 6.06. The van der Waals surface area contributed by atoms with Crippen molar-refractivity contribution in [3.8, 4) is 6.07 Å². The molecule has 0 unspecified atom stereocenters. The third-order valence-corrected chi connectivity index (χ3v) is 5.11. The van der Waals surface area contributed by atoms with Crippen LogP contribution in [0.25, 0.3) is 5.65 Å². The van der Waals surface area contributed by atoms with Crippen LogP contribution in [-0.4, -0.2) is 32.4 Å². The van der Waals surface area contributed by atoms with E-state index in [1.165, 1.54) is 18.3 Å². The Labute approximate surface area is 166 Å². The number of fused-ring (bicyclic) bond motifs is 1. The zero-order chi connectivity index (χ0) is 21.2. The van der Waals surface area contributed by atoms with Gasteiger partial charge in [-0.3, -0.25) is 14.7 Å². The van der Waals surface area contributed by atoms with E-state index in [1.54, 1.807) is 19.1 Å². The van der Waals surface area contributed by atoms with Crippen molar-refractivity contribution in [2.24, 2.45) is 0 Å². The van der Waals surface area contributed by atoms with Crippen LogP contribution in [-0.2, 0) is 11.2 Å². The van der Waals surface area contributed by atoms with Gasteiger partial charge >= 0.3 is 6.18 Å². The second-order valence-corrected chi connectivity index (χ2v) is 7.08. The molecule has 0 atom stereocenters. The number of aryl methyl sites for hydroxylation is 1. The van der Waals surface area contributed by atoms with Crippen molar-refractivity contribution in [1.82, 2.24) is 14.6 Å². The average molecular weight is 421 g/mol. The van der Waals surface area contributed by atoms with E-state index >= 15 is 0 Å². The minimum absolute atomic E-state index is 0.117. The SMILES string of the molecule is Cc1nc2c(C#N)c[nH]n2c(=O)c1CC(=O)Nc1ccccc1SCC(F)(F)F. The molecule has 2 heterocycles. The number of anilines is 1. The van der Waals surface area contributed by atoms with Gasteiger partial charge in [0.25, 0.3) is 5.56 Å². The largest absolute Gasteiger partial charge is 0.398 e. The van der Waals surface area contributed by atoms with E-state index in [1.807, 2.05) is 6.07 Å². The third-order valence-electron chi connectivity index (χ3n) is 3.97. The molecule has 1 aromatic carbocycles. The van der Waals surface area contributed by atoms with Crippen LogP contribution >= 0.6 is 11.8 Å². The van der Waals surface area contributed by atoms with Crippen molar-refractivity contribution in [1.29, 1.82) is 5.26 Å². The van der Waals surface area contributed by atoms with Crippen molar-refractivity contribution in [3.63, 3.8) is 0 Å². The van der Waals surface area contributed by atoms with Crippen molar-refractivity contribution in [2.45, 2.75) is 24.4 Å². The number of nitrogens with one attached hydrogen (secondary N) is 2. The first-order chi connectivity index (χ1) is 13.7. The van der Waals surface area contributed by atoms with Crippen LogP contribution < -0.4 is 10.9 Å². The Morgan fingerprint density at radius 2 is 2.10 bits per heavy atom. The molecule has 1 amide bonds. The van der Waals surface area contributed by atoms with Crippen LogP contribution in [0.5, 0.6) is 0 Å². The van der Waals surface area contributed by atoms with Crippen molar-refractivity contribution in [3.05, 3.63) is 57.6 Å². The summed E-state index contributed by atoms with van der Waals surface area (Å²) in [5, 5.41) is 14.2. The Morgan fingerprint density at radius 1 is 1.38 bits per heavy atom. The Bertz CT molecular complexity index is 1180. The minimum atomic E-state index is -4.34. The molecule has 3 rings (SSSR count). The fraction of sp³-hybridized carbons (Fsp3) is 0.222. The van der Waals surface area contributed by atoms with Crippen LogP contribution in [0.1, 0.15) is 16.8 Å². The van der Waals surface area contributed by atoms with E-state index in [0.29, 0.717) is 17.5 Å². The zero-order valence-corrected chi connectivity index (χ0v) is 15.8. The molecule has 0 saturated heterocycles. The number of nitriles is 1. The Balaban J connectivity index is 1.82. The summed E-state index contributed by atoms with van der Waals surface area (Å²) in [6.45, 7) is 1.55. The smallest absolute Gasteiger partial charge is 0.325 e. The fourth-order valence-corrected chi connectivity index (χ4v) is 3.42. The molecule has 2 N–H and O–H groups in total. The molecule has 150 valence electrons. The van der Waals surface area contributed by atoms with Crippen LogP contribution in [0.15, 0.2) is 40.2 Å². The number of carbonyl (C=O) groups excluding carboxylic acids is 1. The molecule has 11 heteroatoms. The Morgan fingerprint density at radius 3 is 2.79 bits per heavy atom. The predicted octanol–water partition coefficient (Wildman–Crippen LogP) is 3.04. The van der Waals surface area contributed by atoms with Crippen molar-refractivity contribution in [2.75, 3.05) is 11.1 Å². The molecule has 0 radical (unpaired) electrons. The van der Waals surface area contributed by atoms with Gasteiger partial charge in [0, 0.05) is 22.3 Å². The topological polar surface area (TPSA) is 103 Å². The maximum Gasteiger partial charge on any atom is 0.398 e. The number of thioether (sulfide) groups is 1. The summed E-state index contributed by atoms with van der Waals surface area (Å²) in [7, 11) is 0. The number of aromatic amines is 1. The summed E-state index contributed by atoms with van der Waals surface area (Å²) in [5.74, 6) is -1.66. The van der Waals surface area contributed by atoms with Crippen LogP contribution in [0.4, 0.5) is 18.9 Å². The van der Waals surface area contributed by atoms with E-state index < -0.39 is 23.4 Å². The van der Waals surface area contributed by atoms with E-state index in [4.69, 9.17) is 5.26 Å². The molecule has 0 fully saturated rings. The maximum atomic E-state index is 12.6. The quantitative estimate of drug-likeness (QED) is 0.617. The lowest BCUT2D eigenvalue weighted by molar-refractivity contribution is -0.115. The summed E-state index contributed by atoms with van der Waals surface area (Å²) < 4.78 is 38.5. The number of alkyl halides is 3. The standard InChI is InChI=1S/C18H14F3N5O2S/c1-10-12(17(28)26-16(24-10)11(7-22)8-23-26)6-15(27)25-13-4-2-3-5-14(13)29-9-18(19,20)21/h2-5,8,23H,6,9H2,1H3,(H,25,27). The van der Waals surface area contributed by atoms with Gasteiger partial charge < -0.3 is 5.32 Å². The molecule has 29 heavy (non-hydrogen) atoms. The number of aromatic nitrogens is 3. The number of amides is 1. The lowest BCUT2D eigenvalue weighted by Gasteiger charge is -2.12. The number of benzene rings is 1. The van der Waals surface area contributed by atoms with Gasteiger partial charge in [0.05, 0.1) is 17.9 Å². The van der Waals surface area contributed by atoms with E-state index in [9.17, 15) is 22.8 Å². The van der Waals surface area contributed by atoms with Gasteiger partial charge in [-0.2, -0.15) is 18.4 Å². The summed E-state index contributed by atoms with van der Waals surface area (Å²) in [4.78, 5) is 29.5. The fourth-order valence-electron chi connectivity index (χ4n) is 2.65. The Hall–Kier alpha value is -3.26. The van der Waals surface area contributed by atoms with Gasteiger partial charge in [-0.05, 0) is 19.1 Å². The van der Waals surface area contributed by atoms with Gasteiger partial charge in [0.2, 0.25) is 5.91 Å². The summed E-state index contributed by atoms with van der Waals surface area (Å²) in [5.41, 5.74) is 0.465. The van der Waals surface area contributed by atoms with Gasteiger partial charge in [0.1, 0.15) is 11.6 Å². The predicted molar refractivity (Wildman–Crippen MR) is 101 cm³/mol. The first kappa shape index (κ1) is 20.5. The normalized spacial score (nSPS) is 11.4. The summed E-state index contributed by atoms with van der Waals surface area (Å²) >= 11 is 0.562. The molecule has 0 aliphatic carbocycles. The Kier molecular flexibility index (Phi) is 5.65. The van der Waals surface area contributed by atoms with Gasteiger partial charge in [-0.15, -0.1) is 11.8 Å². The second kappa shape index (κ2) is 8.00. The number of nitrogens with zero attached hydrogens (tertiary/aromatic N) is 3. The number of carbonyl (C=O) groups is 1. The highest BCUT2D eigenvalue weighted by molar-refractivity contribution is 7.99. The van der Waals surface area contributed by atoms with E-state index in [2.05, 4.69) is 15.4 Å². The minimum Gasteiger partial charge on any atom is -0.325 e. The van der Waals surface area contributed by atoms with Crippen molar-refractivity contribution >= 4 is 29.0 Å². The molecule has 0 spiro atoms.